The lowest BCUT2D eigenvalue weighted by Crippen LogP contribution is -2.15. The number of rotatable bonds is 7. The van der Waals surface area contributed by atoms with Gasteiger partial charge in [0.05, 0.1) is 23.4 Å². The number of benzene rings is 1. The summed E-state index contributed by atoms with van der Waals surface area (Å²) in [6, 6.07) is 5.69. The first-order valence-corrected chi connectivity index (χ1v) is 9.07. The third-order valence-electron chi connectivity index (χ3n) is 3.59. The number of nitrogens with zero attached hydrogens (tertiary/aromatic N) is 2. The van der Waals surface area contributed by atoms with Crippen LogP contribution in [-0.4, -0.2) is 23.4 Å². The summed E-state index contributed by atoms with van der Waals surface area (Å²) in [4.78, 5) is 11.6. The Morgan fingerprint density at radius 3 is 2.73 bits per heavy atom. The fourth-order valence-corrected chi connectivity index (χ4v) is 2.89. The molecule has 136 valence electrons. The molecule has 26 heavy (non-hydrogen) atoms. The molecule has 1 N–H and O–H groups in total. The van der Waals surface area contributed by atoms with Gasteiger partial charge in [-0.1, -0.05) is 13.0 Å². The van der Waals surface area contributed by atoms with Gasteiger partial charge in [-0.05, 0) is 65.5 Å². The Morgan fingerprint density at radius 1 is 1.31 bits per heavy atom. The van der Waals surface area contributed by atoms with E-state index in [9.17, 15) is 4.79 Å². The molecule has 1 heterocycles. The van der Waals surface area contributed by atoms with Gasteiger partial charge in [-0.2, -0.15) is 10.4 Å². The molecule has 0 spiro atoms. The van der Waals surface area contributed by atoms with Crippen LogP contribution in [0.25, 0.3) is 12.2 Å². The lowest BCUT2D eigenvalue weighted by atomic mass is 10.1. The normalized spacial score (nSPS) is 10.7. The van der Waals surface area contributed by atoms with Crippen LogP contribution in [0.5, 0.6) is 11.5 Å². The summed E-state index contributed by atoms with van der Waals surface area (Å²) in [6.45, 7) is 6.78. The highest BCUT2D eigenvalue weighted by Gasteiger charge is 2.12. The third-order valence-corrected chi connectivity index (χ3v) is 4.18. The van der Waals surface area contributed by atoms with Crippen molar-refractivity contribution in [2.45, 2.75) is 27.2 Å². The number of nitrogens with one attached hydrogen (secondary N) is 1. The molecule has 0 aliphatic carbocycles. The highest BCUT2D eigenvalue weighted by molar-refractivity contribution is 9.10. The van der Waals surface area contributed by atoms with Gasteiger partial charge < -0.3 is 9.47 Å². The number of aromatic amines is 1. The minimum absolute atomic E-state index is 0.0687. The van der Waals surface area contributed by atoms with Crippen LogP contribution in [0.1, 0.15) is 42.7 Å². The summed E-state index contributed by atoms with van der Waals surface area (Å²) in [6.07, 6.45) is 4.49. The van der Waals surface area contributed by atoms with Crippen molar-refractivity contribution in [3.63, 3.8) is 0 Å². The van der Waals surface area contributed by atoms with Crippen molar-refractivity contribution in [2.75, 3.05) is 13.2 Å². The van der Waals surface area contributed by atoms with Crippen molar-refractivity contribution in [3.8, 4) is 17.6 Å². The molecule has 1 aromatic carbocycles. The van der Waals surface area contributed by atoms with E-state index < -0.39 is 5.56 Å². The average Bonchev–Trinajstić information content (AvgIpc) is 2.61. The van der Waals surface area contributed by atoms with Gasteiger partial charge in [0.25, 0.3) is 5.56 Å². The van der Waals surface area contributed by atoms with E-state index in [1.807, 2.05) is 38.1 Å². The number of H-pyrrole nitrogens is 1. The smallest absolute Gasteiger partial charge is 0.282 e. The first-order chi connectivity index (χ1) is 12.5. The molecule has 0 radical (unpaired) electrons. The predicted octanol–water partition coefficient (Wildman–Crippen LogP) is 4.07. The maximum absolute atomic E-state index is 11.6. The van der Waals surface area contributed by atoms with Crippen LogP contribution in [0.2, 0.25) is 0 Å². The van der Waals surface area contributed by atoms with Gasteiger partial charge in [-0.25, -0.2) is 5.10 Å². The lowest BCUT2D eigenvalue weighted by Gasteiger charge is -2.14. The fraction of sp³-hybridized carbons (Fsp3) is 0.316. The van der Waals surface area contributed by atoms with Crippen LogP contribution in [0, 0.1) is 18.3 Å². The zero-order chi connectivity index (χ0) is 19.1. The van der Waals surface area contributed by atoms with Gasteiger partial charge in [-0.3, -0.25) is 4.79 Å². The minimum atomic E-state index is -0.485. The van der Waals surface area contributed by atoms with Gasteiger partial charge in [-0.15, -0.1) is 0 Å². The predicted molar refractivity (Wildman–Crippen MR) is 104 cm³/mol. The molecule has 1 aromatic heterocycles. The monoisotopic (exact) mass is 417 g/mol. The number of aromatic nitrogens is 2. The highest BCUT2D eigenvalue weighted by atomic mass is 79.9. The number of hydrogen-bond acceptors (Lipinski definition) is 5. The molecular weight excluding hydrogens is 398 g/mol. The minimum Gasteiger partial charge on any atom is -0.490 e. The molecule has 0 bridgehead atoms. The molecule has 0 aliphatic heterocycles. The Kier molecular flexibility index (Phi) is 6.98. The molecule has 6 nitrogen and oxygen atoms in total. The molecule has 0 amide bonds. The van der Waals surface area contributed by atoms with E-state index in [1.54, 1.807) is 13.0 Å². The zero-order valence-electron chi connectivity index (χ0n) is 14.9. The molecule has 7 heteroatoms. The molecular formula is C19H20BrN3O3. The maximum atomic E-state index is 11.6. The summed E-state index contributed by atoms with van der Waals surface area (Å²) in [7, 11) is 0. The Bertz CT molecular complexity index is 913. The lowest BCUT2D eigenvalue weighted by molar-refractivity contribution is 0.275. The van der Waals surface area contributed by atoms with E-state index in [4.69, 9.17) is 14.7 Å². The Morgan fingerprint density at radius 2 is 2.08 bits per heavy atom. The van der Waals surface area contributed by atoms with Gasteiger partial charge in [0.2, 0.25) is 0 Å². The van der Waals surface area contributed by atoms with Crippen LogP contribution in [0.15, 0.2) is 21.4 Å². The molecule has 0 aliphatic rings. The van der Waals surface area contributed by atoms with Gasteiger partial charge in [0.1, 0.15) is 11.6 Å². The van der Waals surface area contributed by atoms with Gasteiger partial charge >= 0.3 is 0 Å². The molecule has 0 saturated heterocycles. The van der Waals surface area contributed by atoms with E-state index >= 15 is 0 Å². The van der Waals surface area contributed by atoms with Crippen molar-refractivity contribution >= 4 is 28.1 Å². The van der Waals surface area contributed by atoms with Crippen molar-refractivity contribution in [1.29, 1.82) is 5.26 Å². The summed E-state index contributed by atoms with van der Waals surface area (Å²) in [5.41, 5.74) is 1.52. The number of ether oxygens (including phenoxy) is 2. The maximum Gasteiger partial charge on any atom is 0.282 e. The summed E-state index contributed by atoms with van der Waals surface area (Å²) >= 11 is 3.53. The molecule has 0 unspecified atom stereocenters. The van der Waals surface area contributed by atoms with E-state index in [1.165, 1.54) is 0 Å². The van der Waals surface area contributed by atoms with E-state index in [0.717, 1.165) is 16.5 Å². The number of hydrogen-bond donors (Lipinski definition) is 1. The fourth-order valence-electron chi connectivity index (χ4n) is 2.31. The van der Waals surface area contributed by atoms with Crippen LogP contribution in [0.3, 0.4) is 0 Å². The van der Waals surface area contributed by atoms with Crippen LogP contribution in [0.4, 0.5) is 0 Å². The molecule has 0 saturated carbocycles. The Balaban J connectivity index is 2.39. The first-order valence-electron chi connectivity index (χ1n) is 8.28. The molecule has 2 aromatic rings. The summed E-state index contributed by atoms with van der Waals surface area (Å²) in [5.74, 6) is 1.33. The first kappa shape index (κ1) is 19.7. The van der Waals surface area contributed by atoms with Crippen LogP contribution < -0.4 is 15.0 Å². The molecule has 0 atom stereocenters. The summed E-state index contributed by atoms with van der Waals surface area (Å²) < 4.78 is 12.2. The SMILES string of the molecule is CCCOc1c(Br)cc(/C=C/c2n[nH]c(=O)c(C#N)c2C)cc1OCC. The second kappa shape index (κ2) is 9.20. The topological polar surface area (TPSA) is 88.0 Å². The molecule has 2 rings (SSSR count). The van der Waals surface area contributed by atoms with Gasteiger partial charge in [0, 0.05) is 0 Å². The second-order valence-corrected chi connectivity index (χ2v) is 6.35. The van der Waals surface area contributed by atoms with Crippen LogP contribution in [-0.2, 0) is 0 Å². The van der Waals surface area contributed by atoms with Crippen molar-refractivity contribution in [2.24, 2.45) is 0 Å². The zero-order valence-corrected chi connectivity index (χ0v) is 16.5. The van der Waals surface area contributed by atoms with Crippen molar-refractivity contribution in [1.82, 2.24) is 10.2 Å². The average molecular weight is 418 g/mol. The Hall–Kier alpha value is -2.59. The Labute approximate surface area is 160 Å². The quantitative estimate of drug-likeness (QED) is 0.733. The van der Waals surface area contributed by atoms with Crippen molar-refractivity contribution in [3.05, 3.63) is 49.3 Å². The van der Waals surface area contributed by atoms with Crippen molar-refractivity contribution < 1.29 is 9.47 Å². The summed E-state index contributed by atoms with van der Waals surface area (Å²) in [5, 5.41) is 15.4. The highest BCUT2D eigenvalue weighted by Crippen LogP contribution is 2.37. The number of nitriles is 1. The largest absolute Gasteiger partial charge is 0.490 e. The molecule has 0 fully saturated rings. The van der Waals surface area contributed by atoms with Gasteiger partial charge in [0.15, 0.2) is 11.5 Å². The van der Waals surface area contributed by atoms with E-state index in [-0.39, 0.29) is 5.56 Å². The second-order valence-electron chi connectivity index (χ2n) is 5.49. The van der Waals surface area contributed by atoms with Crippen LogP contribution >= 0.6 is 15.9 Å². The number of halogens is 1. The van der Waals surface area contributed by atoms with E-state index in [0.29, 0.717) is 36.0 Å². The standard InChI is InChI=1S/C19H20BrN3O3/c1-4-8-26-18-15(20)9-13(10-17(18)25-5-2)6-7-16-12(3)14(11-21)19(24)23-22-16/h6-7,9-10H,4-5,8H2,1-3H3,(H,23,24)/b7-6+. The van der Waals surface area contributed by atoms with E-state index in [2.05, 4.69) is 26.1 Å². The third kappa shape index (κ3) is 4.52.